The number of rotatable bonds is 10. The Morgan fingerprint density at radius 1 is 1.23 bits per heavy atom. The number of carbonyl (C=O) groups excluding carboxylic acids is 1. The van der Waals surface area contributed by atoms with Crippen LogP contribution < -0.4 is 0 Å². The lowest BCUT2D eigenvalue weighted by molar-refractivity contribution is -0.149. The highest BCUT2D eigenvalue weighted by Crippen LogP contribution is 2.41. The molecule has 0 unspecified atom stereocenters. The monoisotopic (exact) mass is 423 g/mol. The molecule has 3 atom stereocenters. The first kappa shape index (κ1) is 22.6. The first-order valence-corrected chi connectivity index (χ1v) is 12.0. The van der Waals surface area contributed by atoms with Crippen LogP contribution in [-0.4, -0.2) is 34.3 Å². The minimum atomic E-state index is -0.900. The van der Waals surface area contributed by atoms with Crippen molar-refractivity contribution in [1.29, 1.82) is 0 Å². The summed E-state index contributed by atoms with van der Waals surface area (Å²) < 4.78 is 0. The second kappa shape index (κ2) is 10.8. The first-order valence-electron chi connectivity index (χ1n) is 10.8. The number of benzene rings is 2. The molecule has 160 valence electrons. The Morgan fingerprint density at radius 3 is 2.57 bits per heavy atom. The zero-order chi connectivity index (χ0) is 21.4. The highest BCUT2D eigenvalue weighted by molar-refractivity contribution is 7.98. The van der Waals surface area contributed by atoms with Crippen molar-refractivity contribution in [3.8, 4) is 0 Å². The molecule has 3 rings (SSSR count). The molecule has 3 nitrogen and oxygen atoms in total. The number of likely N-dealkylation sites (tertiary alicyclic amines) is 1. The quantitative estimate of drug-likeness (QED) is 0.398. The maximum Gasteiger partial charge on any atom is 0.232 e. The molecule has 1 aliphatic rings. The third-order valence-corrected chi connectivity index (χ3v) is 7.18. The molecular formula is C26H33NO2S. The summed E-state index contributed by atoms with van der Waals surface area (Å²) in [6, 6.07) is 20.3. The molecular weight excluding hydrogens is 390 g/mol. The van der Waals surface area contributed by atoms with Gasteiger partial charge in [0.15, 0.2) is 0 Å². The summed E-state index contributed by atoms with van der Waals surface area (Å²) in [5.74, 6) is 2.08. The maximum absolute atomic E-state index is 13.6. The Labute approximate surface area is 185 Å². The summed E-state index contributed by atoms with van der Waals surface area (Å²) in [6.07, 6.45) is 4.43. The van der Waals surface area contributed by atoms with Gasteiger partial charge in [0.2, 0.25) is 5.91 Å². The van der Waals surface area contributed by atoms with Gasteiger partial charge in [-0.15, -0.1) is 6.58 Å². The van der Waals surface area contributed by atoms with E-state index in [0.29, 0.717) is 6.42 Å². The average molecular weight is 424 g/mol. The molecule has 1 fully saturated rings. The number of aliphatic hydroxyl groups excluding tert-OH is 1. The van der Waals surface area contributed by atoms with Crippen molar-refractivity contribution in [2.24, 2.45) is 5.41 Å². The molecule has 0 aliphatic carbocycles. The van der Waals surface area contributed by atoms with E-state index in [4.69, 9.17) is 0 Å². The molecule has 0 aromatic heterocycles. The van der Waals surface area contributed by atoms with Gasteiger partial charge < -0.3 is 10.0 Å². The minimum absolute atomic E-state index is 0.0503. The fourth-order valence-corrected chi connectivity index (χ4v) is 5.35. The van der Waals surface area contributed by atoms with Crippen LogP contribution >= 0.6 is 11.8 Å². The number of amides is 1. The number of aliphatic hydroxyl groups is 1. The molecule has 1 N–H and O–H groups in total. The number of hydrogen-bond donors (Lipinski definition) is 1. The fraction of sp³-hybridized carbons (Fsp3) is 0.423. The van der Waals surface area contributed by atoms with Crippen molar-refractivity contribution in [2.45, 2.75) is 50.5 Å². The fourth-order valence-electron chi connectivity index (χ4n) is 4.33. The van der Waals surface area contributed by atoms with E-state index in [1.54, 1.807) is 6.08 Å². The third-order valence-electron chi connectivity index (χ3n) is 6.12. The summed E-state index contributed by atoms with van der Waals surface area (Å²) in [7, 11) is 0. The van der Waals surface area contributed by atoms with Crippen molar-refractivity contribution in [3.63, 3.8) is 0 Å². The van der Waals surface area contributed by atoms with Crippen molar-refractivity contribution in [3.05, 3.63) is 84.4 Å². The number of hydrogen-bond acceptors (Lipinski definition) is 3. The van der Waals surface area contributed by atoms with Crippen LogP contribution in [0.25, 0.3) is 0 Å². The molecule has 0 spiro atoms. The van der Waals surface area contributed by atoms with E-state index in [2.05, 4.69) is 30.8 Å². The summed E-state index contributed by atoms with van der Waals surface area (Å²) in [4.78, 5) is 15.7. The van der Waals surface area contributed by atoms with Crippen LogP contribution in [0.4, 0.5) is 0 Å². The van der Waals surface area contributed by atoms with Crippen molar-refractivity contribution in [2.75, 3.05) is 12.3 Å². The molecule has 1 aliphatic heterocycles. The lowest BCUT2D eigenvalue weighted by Crippen LogP contribution is -2.47. The van der Waals surface area contributed by atoms with E-state index in [0.717, 1.165) is 42.9 Å². The smallest absolute Gasteiger partial charge is 0.232 e. The normalized spacial score (nSPS) is 19.3. The Kier molecular flexibility index (Phi) is 8.17. The van der Waals surface area contributed by atoms with Crippen molar-refractivity contribution < 1.29 is 9.90 Å². The zero-order valence-electron chi connectivity index (χ0n) is 17.9. The standard InChI is InChI=1S/C26H33NO2S/c1-3-17-26(2,24(28)22-13-8-5-9-14-22)25(29)27-18-10-15-23(27)16-19-30-20-21-11-6-4-7-12-21/h3-9,11-14,23-24,28H,1,10,15-20H2,2H3/t23-,24-,26+/m0/s1. The van der Waals surface area contributed by atoms with Crippen LogP contribution in [0.1, 0.15) is 49.8 Å². The van der Waals surface area contributed by atoms with E-state index in [1.165, 1.54) is 5.56 Å². The summed E-state index contributed by atoms with van der Waals surface area (Å²) >= 11 is 1.92. The molecule has 1 saturated heterocycles. The predicted molar refractivity (Wildman–Crippen MR) is 126 cm³/mol. The van der Waals surface area contributed by atoms with Crippen molar-refractivity contribution in [1.82, 2.24) is 4.90 Å². The lowest BCUT2D eigenvalue weighted by Gasteiger charge is -2.38. The van der Waals surface area contributed by atoms with Gasteiger partial charge in [-0.3, -0.25) is 4.79 Å². The Bertz CT molecular complexity index is 810. The Balaban J connectivity index is 1.63. The number of nitrogens with zero attached hydrogens (tertiary/aromatic N) is 1. The van der Waals surface area contributed by atoms with E-state index in [9.17, 15) is 9.90 Å². The predicted octanol–water partition coefficient (Wildman–Crippen LogP) is 5.62. The Morgan fingerprint density at radius 2 is 1.90 bits per heavy atom. The highest BCUT2D eigenvalue weighted by Gasteiger charge is 2.45. The van der Waals surface area contributed by atoms with Gasteiger partial charge in [0, 0.05) is 18.3 Å². The topological polar surface area (TPSA) is 40.5 Å². The van der Waals surface area contributed by atoms with Crippen LogP contribution in [0, 0.1) is 5.41 Å². The van der Waals surface area contributed by atoms with Crippen molar-refractivity contribution >= 4 is 17.7 Å². The highest BCUT2D eigenvalue weighted by atomic mass is 32.2. The van der Waals surface area contributed by atoms with Gasteiger partial charge in [-0.05, 0) is 49.5 Å². The van der Waals surface area contributed by atoms with Gasteiger partial charge in [-0.1, -0.05) is 66.7 Å². The molecule has 30 heavy (non-hydrogen) atoms. The number of thioether (sulfide) groups is 1. The second-order valence-corrected chi connectivity index (χ2v) is 9.45. The van der Waals surface area contributed by atoms with Crippen LogP contribution in [0.3, 0.4) is 0 Å². The van der Waals surface area contributed by atoms with Crippen LogP contribution in [0.2, 0.25) is 0 Å². The summed E-state index contributed by atoms with van der Waals surface area (Å²) in [5.41, 5.74) is 1.22. The maximum atomic E-state index is 13.6. The van der Waals surface area contributed by atoms with Gasteiger partial charge >= 0.3 is 0 Å². The molecule has 0 radical (unpaired) electrons. The van der Waals surface area contributed by atoms with E-state index >= 15 is 0 Å². The van der Waals surface area contributed by atoms with Crippen LogP contribution in [0.15, 0.2) is 73.3 Å². The van der Waals surface area contributed by atoms with Crippen LogP contribution in [0.5, 0.6) is 0 Å². The first-order chi connectivity index (χ1) is 14.6. The number of allylic oxidation sites excluding steroid dienone is 1. The van der Waals surface area contributed by atoms with Gasteiger partial charge in [-0.25, -0.2) is 0 Å². The minimum Gasteiger partial charge on any atom is -0.387 e. The summed E-state index contributed by atoms with van der Waals surface area (Å²) in [6.45, 7) is 6.52. The van der Waals surface area contributed by atoms with Gasteiger partial charge in [0.1, 0.15) is 0 Å². The molecule has 0 bridgehead atoms. The van der Waals surface area contributed by atoms with Gasteiger partial charge in [0.05, 0.1) is 11.5 Å². The molecule has 2 aromatic rings. The second-order valence-electron chi connectivity index (χ2n) is 8.34. The van der Waals surface area contributed by atoms with E-state index in [-0.39, 0.29) is 11.9 Å². The zero-order valence-corrected chi connectivity index (χ0v) is 18.7. The third kappa shape index (κ3) is 5.35. The summed E-state index contributed by atoms with van der Waals surface area (Å²) in [5, 5.41) is 11.1. The van der Waals surface area contributed by atoms with Gasteiger partial charge in [0.25, 0.3) is 0 Å². The average Bonchev–Trinajstić information content (AvgIpc) is 3.25. The molecule has 2 aromatic carbocycles. The number of carbonyl (C=O) groups is 1. The van der Waals surface area contributed by atoms with Gasteiger partial charge in [-0.2, -0.15) is 11.8 Å². The van der Waals surface area contributed by atoms with Crippen LogP contribution in [-0.2, 0) is 10.5 Å². The molecule has 0 saturated carbocycles. The SMILES string of the molecule is C=CC[C@@](C)(C(=O)N1CCC[C@H]1CCSCc1ccccc1)[C@@H](O)c1ccccc1. The molecule has 1 heterocycles. The molecule has 1 amide bonds. The lowest BCUT2D eigenvalue weighted by atomic mass is 9.76. The Hall–Kier alpha value is -2.04. The van der Waals surface area contributed by atoms with E-state index in [1.807, 2.05) is 60.0 Å². The van der Waals surface area contributed by atoms with E-state index < -0.39 is 11.5 Å². The largest absolute Gasteiger partial charge is 0.387 e. The molecule has 4 heteroatoms.